The second kappa shape index (κ2) is 7.18. The van der Waals surface area contributed by atoms with Gasteiger partial charge in [-0.2, -0.15) is 4.37 Å². The van der Waals surface area contributed by atoms with E-state index >= 15 is 0 Å². The summed E-state index contributed by atoms with van der Waals surface area (Å²) < 4.78 is 17.0. The van der Waals surface area contributed by atoms with E-state index in [1.807, 2.05) is 0 Å². The number of carbonyl (C=O) groups excluding carboxylic acids is 1. The van der Waals surface area contributed by atoms with Gasteiger partial charge in [0.1, 0.15) is 10.8 Å². The molecule has 0 spiro atoms. The lowest BCUT2D eigenvalue weighted by atomic mass is 10.1. The highest BCUT2D eigenvalue weighted by Gasteiger charge is 2.11. The first kappa shape index (κ1) is 16.4. The van der Waals surface area contributed by atoms with Gasteiger partial charge in [-0.05, 0) is 35.8 Å². The summed E-state index contributed by atoms with van der Waals surface area (Å²) in [5.74, 6) is -0.297. The Morgan fingerprint density at radius 2 is 2.05 bits per heavy atom. The molecule has 1 heterocycles. The van der Waals surface area contributed by atoms with Crippen molar-refractivity contribution < 1.29 is 14.0 Å². The van der Waals surface area contributed by atoms with Crippen LogP contribution in [0.25, 0.3) is 11.3 Å². The Morgan fingerprint density at radius 3 is 2.65 bits per heavy atom. The molecule has 0 aliphatic carbocycles. The lowest BCUT2D eigenvalue weighted by Crippen LogP contribution is -2.29. The largest absolute Gasteiger partial charge is 0.346 e. The molecule has 5 nitrogen and oxygen atoms in total. The van der Waals surface area contributed by atoms with Crippen LogP contribution in [0.3, 0.4) is 0 Å². The van der Waals surface area contributed by atoms with Crippen LogP contribution >= 0.6 is 23.9 Å². The minimum Gasteiger partial charge on any atom is -0.296 e. The maximum Gasteiger partial charge on any atom is 0.346 e. The SMILES string of the molecule is CON(C)C(=O)Nc1cc(-c2ccc(F)cc2)ns1.Cl. The van der Waals surface area contributed by atoms with Crippen LogP contribution in [0.2, 0.25) is 0 Å². The zero-order valence-electron chi connectivity index (χ0n) is 10.8. The molecule has 2 rings (SSSR count). The number of hydrogen-bond donors (Lipinski definition) is 1. The number of urea groups is 1. The molecule has 1 aromatic heterocycles. The van der Waals surface area contributed by atoms with Crippen LogP contribution in [0, 0.1) is 5.82 Å². The van der Waals surface area contributed by atoms with Crippen molar-refractivity contribution in [3.8, 4) is 11.3 Å². The first-order chi connectivity index (χ1) is 9.10. The third kappa shape index (κ3) is 3.89. The number of benzene rings is 1. The van der Waals surface area contributed by atoms with Crippen LogP contribution in [-0.4, -0.2) is 29.6 Å². The molecule has 108 valence electrons. The van der Waals surface area contributed by atoms with Gasteiger partial charge >= 0.3 is 6.03 Å². The van der Waals surface area contributed by atoms with Crippen molar-refractivity contribution >= 4 is 35.0 Å². The van der Waals surface area contributed by atoms with E-state index in [2.05, 4.69) is 9.69 Å². The number of hydrogen-bond acceptors (Lipinski definition) is 4. The third-order valence-electron chi connectivity index (χ3n) is 2.44. The smallest absolute Gasteiger partial charge is 0.296 e. The van der Waals surface area contributed by atoms with Crippen LogP contribution in [-0.2, 0) is 4.84 Å². The van der Waals surface area contributed by atoms with E-state index in [0.29, 0.717) is 10.7 Å². The summed E-state index contributed by atoms with van der Waals surface area (Å²) in [6, 6.07) is 7.34. The van der Waals surface area contributed by atoms with Crippen LogP contribution in [0.1, 0.15) is 0 Å². The van der Waals surface area contributed by atoms with Crippen molar-refractivity contribution in [2.45, 2.75) is 0 Å². The molecule has 1 N–H and O–H groups in total. The fourth-order valence-corrected chi connectivity index (χ4v) is 2.01. The fraction of sp³-hybridized carbons (Fsp3) is 0.167. The first-order valence-electron chi connectivity index (χ1n) is 5.41. The molecular formula is C12H13ClFN3O2S. The topological polar surface area (TPSA) is 54.5 Å². The third-order valence-corrected chi connectivity index (χ3v) is 3.14. The summed E-state index contributed by atoms with van der Waals surface area (Å²) in [6.07, 6.45) is 0. The van der Waals surface area contributed by atoms with E-state index in [4.69, 9.17) is 4.84 Å². The number of nitrogens with zero attached hydrogens (tertiary/aromatic N) is 2. The predicted molar refractivity (Wildman–Crippen MR) is 78.5 cm³/mol. The molecule has 0 saturated heterocycles. The summed E-state index contributed by atoms with van der Waals surface area (Å²) in [7, 11) is 2.90. The normalized spacial score (nSPS) is 9.75. The zero-order valence-corrected chi connectivity index (χ0v) is 12.4. The van der Waals surface area contributed by atoms with Crippen molar-refractivity contribution in [1.82, 2.24) is 9.44 Å². The molecule has 0 fully saturated rings. The Bertz CT molecular complexity index is 576. The van der Waals surface area contributed by atoms with E-state index in [1.165, 1.54) is 26.3 Å². The van der Waals surface area contributed by atoms with Gasteiger partial charge in [-0.1, -0.05) is 0 Å². The lowest BCUT2D eigenvalue weighted by molar-refractivity contribution is -0.0597. The van der Waals surface area contributed by atoms with Crippen molar-refractivity contribution in [2.75, 3.05) is 19.5 Å². The minimum absolute atomic E-state index is 0. The van der Waals surface area contributed by atoms with Crippen LogP contribution in [0.4, 0.5) is 14.2 Å². The van der Waals surface area contributed by atoms with Gasteiger partial charge in [0.25, 0.3) is 0 Å². The van der Waals surface area contributed by atoms with E-state index < -0.39 is 6.03 Å². The monoisotopic (exact) mass is 317 g/mol. The van der Waals surface area contributed by atoms with E-state index in [9.17, 15) is 9.18 Å². The van der Waals surface area contributed by atoms with E-state index in [1.54, 1.807) is 18.2 Å². The predicted octanol–water partition coefficient (Wildman–Crippen LogP) is 3.40. The summed E-state index contributed by atoms with van der Waals surface area (Å²) in [5, 5.41) is 4.30. The van der Waals surface area contributed by atoms with Gasteiger partial charge in [-0.25, -0.2) is 14.2 Å². The molecule has 2 amide bonds. The number of hydroxylamine groups is 2. The quantitative estimate of drug-likeness (QED) is 0.883. The van der Waals surface area contributed by atoms with Gasteiger partial charge in [0.2, 0.25) is 0 Å². The highest BCUT2D eigenvalue weighted by molar-refractivity contribution is 7.10. The molecule has 0 bridgehead atoms. The Balaban J connectivity index is 0.00000200. The molecule has 0 unspecified atom stereocenters. The maximum atomic E-state index is 12.8. The molecule has 0 saturated carbocycles. The first-order valence-corrected chi connectivity index (χ1v) is 6.19. The molecule has 8 heteroatoms. The molecule has 0 aliphatic heterocycles. The van der Waals surface area contributed by atoms with E-state index in [-0.39, 0.29) is 18.2 Å². The van der Waals surface area contributed by atoms with Gasteiger partial charge in [0, 0.05) is 18.7 Å². The van der Waals surface area contributed by atoms with Crippen LogP contribution in [0.5, 0.6) is 0 Å². The van der Waals surface area contributed by atoms with Gasteiger partial charge in [0.15, 0.2) is 0 Å². The molecule has 20 heavy (non-hydrogen) atoms. The average Bonchev–Trinajstić information content (AvgIpc) is 2.87. The summed E-state index contributed by atoms with van der Waals surface area (Å²) in [4.78, 5) is 16.3. The van der Waals surface area contributed by atoms with Crippen LogP contribution < -0.4 is 5.32 Å². The molecule has 2 aromatic rings. The van der Waals surface area contributed by atoms with Gasteiger partial charge in [0.05, 0.1) is 12.8 Å². The van der Waals surface area contributed by atoms with E-state index in [0.717, 1.165) is 22.2 Å². The number of carbonyl (C=O) groups is 1. The Morgan fingerprint density at radius 1 is 1.40 bits per heavy atom. The Hall–Kier alpha value is -1.70. The standard InChI is InChI=1S/C12H12FN3O2S.ClH/c1-16(18-2)12(17)14-11-7-10(15-19-11)8-3-5-9(13)6-4-8;/h3-7H,1-2H3,(H,14,17);1H. The summed E-state index contributed by atoms with van der Waals surface area (Å²) >= 11 is 1.15. The molecule has 0 aliphatic rings. The van der Waals surface area contributed by atoms with Gasteiger partial charge in [-0.3, -0.25) is 10.2 Å². The van der Waals surface area contributed by atoms with Crippen molar-refractivity contribution in [2.24, 2.45) is 0 Å². The van der Waals surface area contributed by atoms with Crippen molar-refractivity contribution in [1.29, 1.82) is 0 Å². The number of anilines is 1. The number of rotatable bonds is 3. The van der Waals surface area contributed by atoms with Crippen molar-refractivity contribution in [3.63, 3.8) is 0 Å². The van der Waals surface area contributed by atoms with Gasteiger partial charge in [-0.15, -0.1) is 12.4 Å². The summed E-state index contributed by atoms with van der Waals surface area (Å²) in [5.41, 5.74) is 1.47. The molecule has 1 aromatic carbocycles. The Kier molecular flexibility index (Phi) is 5.87. The highest BCUT2D eigenvalue weighted by atomic mass is 35.5. The van der Waals surface area contributed by atoms with Crippen molar-refractivity contribution in [3.05, 3.63) is 36.1 Å². The minimum atomic E-state index is -0.392. The van der Waals surface area contributed by atoms with Gasteiger partial charge < -0.3 is 0 Å². The maximum absolute atomic E-state index is 12.8. The average molecular weight is 318 g/mol. The summed E-state index contributed by atoms with van der Waals surface area (Å²) in [6.45, 7) is 0. The molecule has 0 radical (unpaired) electrons. The number of amides is 2. The second-order valence-electron chi connectivity index (χ2n) is 3.69. The number of nitrogens with one attached hydrogen (secondary N) is 1. The number of halogens is 2. The fourth-order valence-electron chi connectivity index (χ4n) is 1.36. The highest BCUT2D eigenvalue weighted by Crippen LogP contribution is 2.25. The Labute approximate surface area is 125 Å². The number of aromatic nitrogens is 1. The second-order valence-corrected chi connectivity index (χ2v) is 4.50. The van der Waals surface area contributed by atoms with Crippen LogP contribution in [0.15, 0.2) is 30.3 Å². The zero-order chi connectivity index (χ0) is 13.8. The molecular weight excluding hydrogens is 305 g/mol. The lowest BCUT2D eigenvalue weighted by Gasteiger charge is -2.12. The molecule has 0 atom stereocenters.